The number of nitrogens with zero attached hydrogens (tertiary/aromatic N) is 4. The number of benzene rings is 5. The highest BCUT2D eigenvalue weighted by Crippen LogP contribution is 2.38. The zero-order chi connectivity index (χ0) is 33.2. The van der Waals surface area contributed by atoms with E-state index in [1.54, 1.807) is 6.07 Å². The first-order valence-electron chi connectivity index (χ1n) is 16.4. The molecule has 0 saturated heterocycles. The minimum atomic E-state index is -0.398. The molecule has 0 aliphatic carbocycles. The summed E-state index contributed by atoms with van der Waals surface area (Å²) in [6.45, 7) is 5.74. The average Bonchev–Trinajstić information content (AvgIpc) is 3.66. The van der Waals surface area contributed by atoms with Crippen molar-refractivity contribution >= 4 is 28.0 Å². The SMILES string of the molecule is COC(=O)c1ccc2c(c1)nc(-c1cccc3nc(-c4ccccc4O)n(CC(C)C)c13)n2CCC(c1ccccc1)c1ccccc1. The molecule has 7 rings (SSSR count). The molecule has 2 aromatic heterocycles. The highest BCUT2D eigenvalue weighted by molar-refractivity contribution is 5.97. The Bertz CT molecular complexity index is 2180. The maximum atomic E-state index is 12.5. The van der Waals surface area contributed by atoms with Crippen molar-refractivity contribution in [3.63, 3.8) is 0 Å². The molecule has 0 saturated carbocycles. The summed E-state index contributed by atoms with van der Waals surface area (Å²) in [5.41, 5.74) is 8.03. The number of phenols is 1. The summed E-state index contributed by atoms with van der Waals surface area (Å²) in [6.07, 6.45) is 0.829. The van der Waals surface area contributed by atoms with Gasteiger partial charge >= 0.3 is 5.97 Å². The fourth-order valence-electron chi connectivity index (χ4n) is 6.74. The number of aromatic hydroxyl groups is 1. The molecule has 0 aliphatic heterocycles. The Kier molecular flexibility index (Phi) is 8.51. The van der Waals surface area contributed by atoms with Gasteiger partial charge in [-0.2, -0.15) is 0 Å². The smallest absolute Gasteiger partial charge is 0.337 e. The zero-order valence-electron chi connectivity index (χ0n) is 27.4. The predicted molar refractivity (Wildman–Crippen MR) is 191 cm³/mol. The molecular weight excluding hydrogens is 596 g/mol. The summed E-state index contributed by atoms with van der Waals surface area (Å²) in [5.74, 6) is 1.79. The van der Waals surface area contributed by atoms with Crippen molar-refractivity contribution in [2.45, 2.75) is 39.3 Å². The normalized spacial score (nSPS) is 11.6. The van der Waals surface area contributed by atoms with Gasteiger partial charge in [0, 0.05) is 24.6 Å². The predicted octanol–water partition coefficient (Wildman–Crippen LogP) is 9.09. The van der Waals surface area contributed by atoms with Gasteiger partial charge in [-0.3, -0.25) is 0 Å². The lowest BCUT2D eigenvalue weighted by Crippen LogP contribution is -2.10. The summed E-state index contributed by atoms with van der Waals surface area (Å²) in [6, 6.07) is 40.3. The highest BCUT2D eigenvalue weighted by Gasteiger charge is 2.24. The van der Waals surface area contributed by atoms with Crippen molar-refractivity contribution in [3.05, 3.63) is 138 Å². The number of para-hydroxylation sites is 2. The van der Waals surface area contributed by atoms with Crippen LogP contribution in [-0.4, -0.2) is 37.3 Å². The monoisotopic (exact) mass is 634 g/mol. The molecule has 7 aromatic rings. The van der Waals surface area contributed by atoms with E-state index < -0.39 is 5.97 Å². The number of hydrogen-bond donors (Lipinski definition) is 1. The number of aromatic nitrogens is 4. The van der Waals surface area contributed by atoms with Crippen LogP contribution in [-0.2, 0) is 17.8 Å². The molecule has 5 aromatic carbocycles. The topological polar surface area (TPSA) is 82.2 Å². The van der Waals surface area contributed by atoms with Crippen molar-refractivity contribution in [1.29, 1.82) is 0 Å². The van der Waals surface area contributed by atoms with Gasteiger partial charge in [-0.05, 0) is 65.9 Å². The molecule has 0 spiro atoms. The second kappa shape index (κ2) is 13.2. The van der Waals surface area contributed by atoms with E-state index in [-0.39, 0.29) is 11.7 Å². The van der Waals surface area contributed by atoms with Crippen molar-refractivity contribution in [2.24, 2.45) is 5.92 Å². The van der Waals surface area contributed by atoms with Crippen LogP contribution in [0.25, 0.3) is 44.8 Å². The summed E-state index contributed by atoms with van der Waals surface area (Å²) >= 11 is 0. The van der Waals surface area contributed by atoms with Crippen molar-refractivity contribution < 1.29 is 14.6 Å². The van der Waals surface area contributed by atoms with Gasteiger partial charge in [0.05, 0.1) is 40.3 Å². The molecule has 2 heterocycles. The van der Waals surface area contributed by atoms with E-state index in [2.05, 4.69) is 89.7 Å². The van der Waals surface area contributed by atoms with E-state index in [1.165, 1.54) is 18.2 Å². The van der Waals surface area contributed by atoms with Crippen LogP contribution < -0.4 is 0 Å². The van der Waals surface area contributed by atoms with Crippen LogP contribution in [0, 0.1) is 5.92 Å². The largest absolute Gasteiger partial charge is 0.507 e. The van der Waals surface area contributed by atoms with Gasteiger partial charge in [0.2, 0.25) is 0 Å². The average molecular weight is 635 g/mol. The van der Waals surface area contributed by atoms with E-state index in [9.17, 15) is 9.90 Å². The van der Waals surface area contributed by atoms with Gasteiger partial charge in [0.25, 0.3) is 0 Å². The Labute approximate surface area is 280 Å². The summed E-state index contributed by atoms with van der Waals surface area (Å²) in [5, 5.41) is 10.9. The van der Waals surface area contributed by atoms with Gasteiger partial charge < -0.3 is 19.0 Å². The molecule has 0 unspecified atom stereocenters. The molecule has 0 radical (unpaired) electrons. The van der Waals surface area contributed by atoms with E-state index in [1.807, 2.05) is 48.5 Å². The third kappa shape index (κ3) is 5.84. The third-order valence-corrected chi connectivity index (χ3v) is 8.91. The quantitative estimate of drug-likeness (QED) is 0.152. The maximum absolute atomic E-state index is 12.5. The van der Waals surface area contributed by atoms with Crippen LogP contribution in [0.1, 0.15) is 47.7 Å². The van der Waals surface area contributed by atoms with E-state index in [0.717, 1.165) is 39.9 Å². The molecule has 0 amide bonds. The van der Waals surface area contributed by atoms with Crippen LogP contribution in [0.5, 0.6) is 5.75 Å². The molecule has 48 heavy (non-hydrogen) atoms. The van der Waals surface area contributed by atoms with Gasteiger partial charge in [0.1, 0.15) is 17.4 Å². The standard InChI is InChI=1S/C41H38N4O3/c1-27(2)26-45-38-33(18-12-19-34(38)42-39(45)32-17-10-11-20-37(32)46)40-43-35-25-30(41(47)48-3)21-22-36(35)44(40)24-23-31(28-13-6-4-7-14-28)29-15-8-5-9-16-29/h4-22,25,27,31,46H,23-24,26H2,1-3H3. The minimum absolute atomic E-state index is 0.168. The van der Waals surface area contributed by atoms with Gasteiger partial charge in [-0.1, -0.05) is 92.7 Å². The first kappa shape index (κ1) is 30.9. The number of carbonyl (C=O) groups excluding carboxylic acids is 1. The molecule has 0 atom stereocenters. The number of imidazole rings is 2. The Morgan fingerprint density at radius 2 is 1.35 bits per heavy atom. The summed E-state index contributed by atoms with van der Waals surface area (Å²) < 4.78 is 9.53. The number of hydrogen-bond acceptors (Lipinski definition) is 5. The maximum Gasteiger partial charge on any atom is 0.337 e. The van der Waals surface area contributed by atoms with Crippen molar-refractivity contribution in [2.75, 3.05) is 7.11 Å². The van der Waals surface area contributed by atoms with Gasteiger partial charge in [-0.25, -0.2) is 14.8 Å². The lowest BCUT2D eigenvalue weighted by atomic mass is 9.88. The lowest BCUT2D eigenvalue weighted by molar-refractivity contribution is 0.0601. The zero-order valence-corrected chi connectivity index (χ0v) is 27.4. The molecule has 0 fully saturated rings. The van der Waals surface area contributed by atoms with Gasteiger partial charge in [-0.15, -0.1) is 0 Å². The van der Waals surface area contributed by atoms with Gasteiger partial charge in [0.15, 0.2) is 0 Å². The molecule has 0 bridgehead atoms. The second-order valence-electron chi connectivity index (χ2n) is 12.6. The second-order valence-corrected chi connectivity index (χ2v) is 12.6. The van der Waals surface area contributed by atoms with Crippen LogP contribution in [0.3, 0.4) is 0 Å². The Morgan fingerprint density at radius 3 is 2.02 bits per heavy atom. The fourth-order valence-corrected chi connectivity index (χ4v) is 6.74. The first-order valence-corrected chi connectivity index (χ1v) is 16.4. The van der Waals surface area contributed by atoms with Crippen molar-refractivity contribution in [1.82, 2.24) is 19.1 Å². The summed E-state index contributed by atoms with van der Waals surface area (Å²) in [7, 11) is 1.39. The van der Waals surface area contributed by atoms with E-state index >= 15 is 0 Å². The number of rotatable bonds is 10. The molecule has 7 heteroatoms. The highest BCUT2D eigenvalue weighted by atomic mass is 16.5. The molecule has 1 N–H and O–H groups in total. The van der Waals surface area contributed by atoms with Crippen LogP contribution >= 0.6 is 0 Å². The lowest BCUT2D eigenvalue weighted by Gasteiger charge is -2.20. The Balaban J connectivity index is 1.43. The first-order chi connectivity index (χ1) is 23.4. The Hall–Kier alpha value is -5.69. The van der Waals surface area contributed by atoms with Crippen LogP contribution in [0.2, 0.25) is 0 Å². The van der Waals surface area contributed by atoms with Crippen LogP contribution in [0.15, 0.2) is 121 Å². The third-order valence-electron chi connectivity index (χ3n) is 8.91. The molecular formula is C41H38N4O3. The number of carbonyl (C=O) groups is 1. The summed E-state index contributed by atoms with van der Waals surface area (Å²) in [4.78, 5) is 22.8. The Morgan fingerprint density at radius 1 is 0.729 bits per heavy atom. The number of aryl methyl sites for hydroxylation is 1. The van der Waals surface area contributed by atoms with Crippen LogP contribution in [0.4, 0.5) is 0 Å². The minimum Gasteiger partial charge on any atom is -0.507 e. The molecule has 0 aliphatic rings. The molecule has 240 valence electrons. The van der Waals surface area contributed by atoms with Crippen molar-refractivity contribution in [3.8, 4) is 28.5 Å². The number of phenolic OH excluding ortho intramolecular Hbond substituents is 1. The number of ether oxygens (including phenoxy) is 1. The number of esters is 1. The fraction of sp³-hybridized carbons (Fsp3) is 0.195. The molecule has 7 nitrogen and oxygen atoms in total. The number of fused-ring (bicyclic) bond motifs is 2. The van der Waals surface area contributed by atoms with E-state index in [4.69, 9.17) is 14.7 Å². The van der Waals surface area contributed by atoms with E-state index in [0.29, 0.717) is 36.0 Å². The number of methoxy groups -OCH3 is 1.